The molecule has 2 aromatic rings. The van der Waals surface area contributed by atoms with Gasteiger partial charge in [0.15, 0.2) is 0 Å². The van der Waals surface area contributed by atoms with Gasteiger partial charge in [0.1, 0.15) is 24.0 Å². The minimum Gasteiger partial charge on any atom is -0.491 e. The third kappa shape index (κ3) is 5.70. The molecule has 0 N–H and O–H groups in total. The lowest BCUT2D eigenvalue weighted by molar-refractivity contribution is -0.160. The van der Waals surface area contributed by atoms with Crippen LogP contribution in [0.15, 0.2) is 48.5 Å². The number of benzene rings is 2. The molecule has 1 atom stereocenters. The zero-order chi connectivity index (χ0) is 20.1. The number of carbonyl (C=O) groups excluding carboxylic acids is 1. The van der Waals surface area contributed by atoms with Gasteiger partial charge in [-0.25, -0.2) is 0 Å². The van der Waals surface area contributed by atoms with Crippen LogP contribution in [-0.2, 0) is 9.53 Å². The monoisotopic (exact) mass is 493 g/mol. The van der Waals surface area contributed by atoms with Crippen LogP contribution in [0.25, 0.3) is 11.1 Å². The first-order chi connectivity index (χ1) is 13.3. The molecule has 0 saturated carbocycles. The zero-order valence-corrected chi connectivity index (χ0v) is 18.9. The van der Waals surface area contributed by atoms with E-state index in [4.69, 9.17) is 9.47 Å². The lowest BCUT2D eigenvalue weighted by atomic mass is 10.1. The largest absolute Gasteiger partial charge is 0.491 e. The Balaban J connectivity index is 1.55. The van der Waals surface area contributed by atoms with Crippen LogP contribution in [0.2, 0.25) is 0 Å². The number of hydrogen-bond acceptors (Lipinski definition) is 4. The fraction of sp³-hybridized carbons (Fsp3) is 0.435. The van der Waals surface area contributed by atoms with Crippen LogP contribution in [0.3, 0.4) is 0 Å². The Hall–Kier alpha value is -1.60. The van der Waals surface area contributed by atoms with Gasteiger partial charge in [0, 0.05) is 6.54 Å². The average molecular weight is 493 g/mol. The highest BCUT2D eigenvalue weighted by Crippen LogP contribution is 2.28. The van der Waals surface area contributed by atoms with E-state index in [1.54, 1.807) is 0 Å². The standard InChI is InChI=1S/C23H28INO3/c1-23(2,3)28-22(26)20-10-7-13-25(20)14-15-27-21-12-11-18(16-19(21)24)17-8-5-4-6-9-17/h4-6,8-9,11-12,16,20H,7,10,13-15H2,1-3H3. The van der Waals surface area contributed by atoms with E-state index >= 15 is 0 Å². The van der Waals surface area contributed by atoms with Crippen molar-refractivity contribution >= 4 is 28.6 Å². The van der Waals surface area contributed by atoms with Crippen LogP contribution in [0.1, 0.15) is 33.6 Å². The van der Waals surface area contributed by atoms with Gasteiger partial charge >= 0.3 is 5.97 Å². The molecule has 3 rings (SSSR count). The van der Waals surface area contributed by atoms with Crippen LogP contribution in [0.5, 0.6) is 5.75 Å². The number of hydrogen-bond donors (Lipinski definition) is 0. The topological polar surface area (TPSA) is 38.8 Å². The molecule has 0 aliphatic carbocycles. The molecule has 5 heteroatoms. The summed E-state index contributed by atoms with van der Waals surface area (Å²) in [5.41, 5.74) is 1.93. The van der Waals surface area contributed by atoms with Gasteiger partial charge in [-0.3, -0.25) is 9.69 Å². The first-order valence-corrected chi connectivity index (χ1v) is 10.9. The van der Waals surface area contributed by atoms with Gasteiger partial charge in [0.25, 0.3) is 0 Å². The summed E-state index contributed by atoms with van der Waals surface area (Å²) in [6, 6.07) is 16.4. The summed E-state index contributed by atoms with van der Waals surface area (Å²) >= 11 is 2.32. The molecule has 4 nitrogen and oxygen atoms in total. The molecule has 0 aromatic heterocycles. The lowest BCUT2D eigenvalue weighted by Crippen LogP contribution is -2.42. The van der Waals surface area contributed by atoms with Crippen molar-refractivity contribution in [3.05, 3.63) is 52.1 Å². The molecule has 1 aliphatic rings. The van der Waals surface area contributed by atoms with E-state index in [1.165, 1.54) is 11.1 Å². The molecule has 1 saturated heterocycles. The maximum absolute atomic E-state index is 12.4. The fourth-order valence-corrected chi connectivity index (χ4v) is 4.10. The van der Waals surface area contributed by atoms with Crippen LogP contribution in [-0.4, -0.2) is 42.2 Å². The Morgan fingerprint density at radius 3 is 2.57 bits per heavy atom. The second-order valence-electron chi connectivity index (χ2n) is 8.09. The first-order valence-electron chi connectivity index (χ1n) is 9.78. The molecule has 0 radical (unpaired) electrons. The van der Waals surface area contributed by atoms with Crippen molar-refractivity contribution < 1.29 is 14.3 Å². The molecular weight excluding hydrogens is 465 g/mol. The predicted octanol–water partition coefficient (Wildman–Crippen LogP) is 5.14. The maximum Gasteiger partial charge on any atom is 0.323 e. The van der Waals surface area contributed by atoms with E-state index in [9.17, 15) is 4.79 Å². The number of nitrogens with zero attached hydrogens (tertiary/aromatic N) is 1. The van der Waals surface area contributed by atoms with Crippen molar-refractivity contribution in [2.45, 2.75) is 45.3 Å². The number of carbonyl (C=O) groups is 1. The van der Waals surface area contributed by atoms with Gasteiger partial charge < -0.3 is 9.47 Å². The highest BCUT2D eigenvalue weighted by Gasteiger charge is 2.33. The summed E-state index contributed by atoms with van der Waals surface area (Å²) in [5.74, 6) is 0.764. The molecule has 2 aromatic carbocycles. The molecule has 0 amide bonds. The maximum atomic E-state index is 12.4. The highest BCUT2D eigenvalue weighted by molar-refractivity contribution is 14.1. The van der Waals surface area contributed by atoms with Gasteiger partial charge in [-0.2, -0.15) is 0 Å². The molecule has 1 unspecified atom stereocenters. The van der Waals surface area contributed by atoms with Gasteiger partial charge in [-0.15, -0.1) is 0 Å². The average Bonchev–Trinajstić information content (AvgIpc) is 3.11. The van der Waals surface area contributed by atoms with Crippen molar-refractivity contribution in [1.29, 1.82) is 0 Å². The zero-order valence-electron chi connectivity index (χ0n) is 16.8. The number of rotatable bonds is 6. The molecule has 1 fully saturated rings. The summed E-state index contributed by atoms with van der Waals surface area (Å²) in [4.78, 5) is 14.6. The first kappa shape index (κ1) is 21.1. The lowest BCUT2D eigenvalue weighted by Gasteiger charge is -2.27. The highest BCUT2D eigenvalue weighted by atomic mass is 127. The molecule has 0 bridgehead atoms. The van der Waals surface area contributed by atoms with Crippen molar-refractivity contribution in [2.75, 3.05) is 19.7 Å². The van der Waals surface area contributed by atoms with Crippen LogP contribution >= 0.6 is 22.6 Å². The fourth-order valence-electron chi connectivity index (χ4n) is 3.43. The number of esters is 1. The normalized spacial score (nSPS) is 17.5. The van der Waals surface area contributed by atoms with Gasteiger partial charge in [0.2, 0.25) is 0 Å². The van der Waals surface area contributed by atoms with E-state index in [1.807, 2.05) is 45.0 Å². The molecule has 1 heterocycles. The minimum atomic E-state index is -0.446. The summed E-state index contributed by atoms with van der Waals surface area (Å²) in [7, 11) is 0. The molecule has 1 aliphatic heterocycles. The molecular formula is C23H28INO3. The Morgan fingerprint density at radius 1 is 1.14 bits per heavy atom. The van der Waals surface area contributed by atoms with Crippen molar-refractivity contribution in [2.24, 2.45) is 0 Å². The van der Waals surface area contributed by atoms with Crippen LogP contribution < -0.4 is 4.74 Å². The Labute approximate surface area is 181 Å². The third-order valence-corrected chi connectivity index (χ3v) is 5.56. The third-order valence-electron chi connectivity index (χ3n) is 4.72. The van der Waals surface area contributed by atoms with E-state index in [0.717, 1.165) is 35.3 Å². The van der Waals surface area contributed by atoms with E-state index < -0.39 is 5.60 Å². The summed E-state index contributed by atoms with van der Waals surface area (Å²) in [6.07, 6.45) is 1.88. The molecule has 150 valence electrons. The second kappa shape index (κ2) is 9.27. The SMILES string of the molecule is CC(C)(C)OC(=O)C1CCCN1CCOc1ccc(-c2ccccc2)cc1I. The summed E-state index contributed by atoms with van der Waals surface area (Å²) in [5, 5.41) is 0. The predicted molar refractivity (Wildman–Crippen MR) is 121 cm³/mol. The quantitative estimate of drug-likeness (QED) is 0.413. The van der Waals surface area contributed by atoms with Crippen LogP contribution in [0.4, 0.5) is 0 Å². The van der Waals surface area contributed by atoms with E-state index in [2.05, 4.69) is 51.8 Å². The van der Waals surface area contributed by atoms with Crippen LogP contribution in [0, 0.1) is 3.57 Å². The Kier molecular flexibility index (Phi) is 6.99. The van der Waals surface area contributed by atoms with Crippen molar-refractivity contribution in [3.8, 4) is 16.9 Å². The van der Waals surface area contributed by atoms with Crippen molar-refractivity contribution in [1.82, 2.24) is 4.90 Å². The minimum absolute atomic E-state index is 0.119. The van der Waals surface area contributed by atoms with Gasteiger partial charge in [-0.1, -0.05) is 36.4 Å². The summed E-state index contributed by atoms with van der Waals surface area (Å²) in [6.45, 7) is 7.93. The van der Waals surface area contributed by atoms with E-state index in [-0.39, 0.29) is 12.0 Å². The van der Waals surface area contributed by atoms with E-state index in [0.29, 0.717) is 6.61 Å². The summed E-state index contributed by atoms with van der Waals surface area (Å²) < 4.78 is 12.7. The number of likely N-dealkylation sites (tertiary alicyclic amines) is 1. The van der Waals surface area contributed by atoms with Gasteiger partial charge in [-0.05, 0) is 86.0 Å². The van der Waals surface area contributed by atoms with Gasteiger partial charge in [0.05, 0.1) is 3.57 Å². The Morgan fingerprint density at radius 2 is 1.89 bits per heavy atom. The van der Waals surface area contributed by atoms with Crippen molar-refractivity contribution in [3.63, 3.8) is 0 Å². The Bertz CT molecular complexity index is 801. The number of halogens is 1. The second-order valence-corrected chi connectivity index (χ2v) is 9.25. The number of ether oxygens (including phenoxy) is 2. The molecule has 28 heavy (non-hydrogen) atoms. The molecule has 0 spiro atoms. The smallest absolute Gasteiger partial charge is 0.323 e.